The minimum atomic E-state index is -0.201. The SMILES string of the molecule is Cc1ccc(NC(N)=NCCc2ccccc2F)cc1. The fourth-order valence-corrected chi connectivity index (χ4v) is 1.82. The van der Waals surface area contributed by atoms with E-state index in [1.54, 1.807) is 12.1 Å². The van der Waals surface area contributed by atoms with Gasteiger partial charge in [0.05, 0.1) is 0 Å². The Morgan fingerprint density at radius 3 is 2.55 bits per heavy atom. The van der Waals surface area contributed by atoms with Crippen LogP contribution in [0, 0.1) is 12.7 Å². The fraction of sp³-hybridized carbons (Fsp3) is 0.188. The Hall–Kier alpha value is -2.36. The lowest BCUT2D eigenvalue weighted by Gasteiger charge is -2.06. The maximum absolute atomic E-state index is 13.4. The van der Waals surface area contributed by atoms with E-state index in [0.717, 1.165) is 5.69 Å². The first-order chi connectivity index (χ1) is 9.65. The number of halogens is 1. The predicted molar refractivity (Wildman–Crippen MR) is 81.4 cm³/mol. The third kappa shape index (κ3) is 4.09. The first-order valence-corrected chi connectivity index (χ1v) is 6.52. The molecule has 0 bridgehead atoms. The van der Waals surface area contributed by atoms with Crippen LogP contribution >= 0.6 is 0 Å². The third-order valence-corrected chi connectivity index (χ3v) is 2.95. The number of aliphatic imine (C=N–C) groups is 1. The van der Waals surface area contributed by atoms with Crippen LogP contribution in [0.4, 0.5) is 10.1 Å². The Morgan fingerprint density at radius 1 is 1.15 bits per heavy atom. The van der Waals surface area contributed by atoms with Crippen LogP contribution < -0.4 is 11.1 Å². The van der Waals surface area contributed by atoms with Crippen molar-refractivity contribution in [2.24, 2.45) is 10.7 Å². The van der Waals surface area contributed by atoms with Gasteiger partial charge in [0.15, 0.2) is 5.96 Å². The number of hydrogen-bond donors (Lipinski definition) is 2. The van der Waals surface area contributed by atoms with Crippen molar-refractivity contribution in [3.05, 3.63) is 65.5 Å². The average Bonchev–Trinajstić information content (AvgIpc) is 2.43. The van der Waals surface area contributed by atoms with E-state index in [0.29, 0.717) is 24.5 Å². The average molecular weight is 271 g/mol. The van der Waals surface area contributed by atoms with Crippen molar-refractivity contribution in [3.8, 4) is 0 Å². The molecule has 104 valence electrons. The van der Waals surface area contributed by atoms with Crippen LogP contribution in [0.2, 0.25) is 0 Å². The summed E-state index contributed by atoms with van der Waals surface area (Å²) in [5.41, 5.74) is 8.52. The maximum Gasteiger partial charge on any atom is 0.193 e. The lowest BCUT2D eigenvalue weighted by atomic mass is 10.1. The molecule has 0 unspecified atom stereocenters. The summed E-state index contributed by atoms with van der Waals surface area (Å²) < 4.78 is 13.4. The monoisotopic (exact) mass is 271 g/mol. The van der Waals surface area contributed by atoms with Gasteiger partial charge in [0.25, 0.3) is 0 Å². The first kappa shape index (κ1) is 14.1. The number of nitrogens with zero attached hydrogens (tertiary/aromatic N) is 1. The summed E-state index contributed by atoms with van der Waals surface area (Å²) in [7, 11) is 0. The van der Waals surface area contributed by atoms with Crippen molar-refractivity contribution in [1.29, 1.82) is 0 Å². The number of hydrogen-bond acceptors (Lipinski definition) is 1. The smallest absolute Gasteiger partial charge is 0.193 e. The van der Waals surface area contributed by atoms with E-state index in [2.05, 4.69) is 10.3 Å². The molecule has 0 aliphatic heterocycles. The van der Waals surface area contributed by atoms with Crippen molar-refractivity contribution in [2.45, 2.75) is 13.3 Å². The van der Waals surface area contributed by atoms with Gasteiger partial charge in [0, 0.05) is 12.2 Å². The molecule has 0 saturated carbocycles. The third-order valence-electron chi connectivity index (χ3n) is 2.95. The number of anilines is 1. The largest absolute Gasteiger partial charge is 0.370 e. The quantitative estimate of drug-likeness (QED) is 0.663. The molecule has 2 aromatic carbocycles. The number of aryl methyl sites for hydroxylation is 1. The van der Waals surface area contributed by atoms with E-state index in [1.807, 2.05) is 37.3 Å². The van der Waals surface area contributed by atoms with Gasteiger partial charge >= 0.3 is 0 Å². The van der Waals surface area contributed by atoms with Crippen molar-refractivity contribution in [1.82, 2.24) is 0 Å². The topological polar surface area (TPSA) is 50.4 Å². The summed E-state index contributed by atoms with van der Waals surface area (Å²) in [6.45, 7) is 2.47. The van der Waals surface area contributed by atoms with Crippen LogP contribution in [0.1, 0.15) is 11.1 Å². The Kier molecular flexibility index (Phi) is 4.71. The van der Waals surface area contributed by atoms with Crippen LogP contribution in [-0.4, -0.2) is 12.5 Å². The van der Waals surface area contributed by atoms with E-state index in [-0.39, 0.29) is 5.82 Å². The second kappa shape index (κ2) is 6.70. The van der Waals surface area contributed by atoms with Gasteiger partial charge in [-0.1, -0.05) is 35.9 Å². The molecule has 0 heterocycles. The summed E-state index contributed by atoms with van der Waals surface area (Å²) in [6, 6.07) is 14.6. The highest BCUT2D eigenvalue weighted by atomic mass is 19.1. The molecule has 0 aromatic heterocycles. The Bertz CT molecular complexity index is 591. The van der Waals surface area contributed by atoms with Crippen LogP contribution in [0.25, 0.3) is 0 Å². The Morgan fingerprint density at radius 2 is 1.85 bits per heavy atom. The molecule has 3 nitrogen and oxygen atoms in total. The van der Waals surface area contributed by atoms with E-state index < -0.39 is 0 Å². The highest BCUT2D eigenvalue weighted by Gasteiger charge is 2.00. The maximum atomic E-state index is 13.4. The Labute approximate surface area is 118 Å². The molecular weight excluding hydrogens is 253 g/mol. The predicted octanol–water partition coefficient (Wildman–Crippen LogP) is 3.10. The summed E-state index contributed by atoms with van der Waals surface area (Å²) in [4.78, 5) is 4.19. The van der Waals surface area contributed by atoms with E-state index in [1.165, 1.54) is 11.6 Å². The molecule has 0 atom stereocenters. The molecule has 0 spiro atoms. The van der Waals surface area contributed by atoms with Crippen LogP contribution in [0.5, 0.6) is 0 Å². The minimum Gasteiger partial charge on any atom is -0.370 e. The zero-order chi connectivity index (χ0) is 14.4. The van der Waals surface area contributed by atoms with Gasteiger partial charge in [-0.3, -0.25) is 4.99 Å². The highest BCUT2D eigenvalue weighted by molar-refractivity contribution is 5.92. The van der Waals surface area contributed by atoms with E-state index in [9.17, 15) is 4.39 Å². The number of benzene rings is 2. The fourth-order valence-electron chi connectivity index (χ4n) is 1.82. The number of guanidine groups is 1. The lowest BCUT2D eigenvalue weighted by molar-refractivity contribution is 0.609. The van der Waals surface area contributed by atoms with Crippen LogP contribution in [0.15, 0.2) is 53.5 Å². The van der Waals surface area contributed by atoms with Gasteiger partial charge < -0.3 is 11.1 Å². The molecule has 0 radical (unpaired) electrons. The Balaban J connectivity index is 1.88. The molecule has 0 aliphatic carbocycles. The van der Waals surface area contributed by atoms with Crippen LogP contribution in [0.3, 0.4) is 0 Å². The summed E-state index contributed by atoms with van der Waals surface area (Å²) >= 11 is 0. The zero-order valence-electron chi connectivity index (χ0n) is 11.4. The van der Waals surface area contributed by atoms with Crippen LogP contribution in [-0.2, 0) is 6.42 Å². The van der Waals surface area contributed by atoms with Crippen molar-refractivity contribution < 1.29 is 4.39 Å². The van der Waals surface area contributed by atoms with Crippen molar-refractivity contribution in [3.63, 3.8) is 0 Å². The summed E-state index contributed by atoms with van der Waals surface area (Å²) in [5, 5.41) is 3.00. The second-order valence-electron chi connectivity index (χ2n) is 4.60. The normalized spacial score (nSPS) is 11.4. The first-order valence-electron chi connectivity index (χ1n) is 6.52. The van der Waals surface area contributed by atoms with Gasteiger partial charge in [0.1, 0.15) is 5.82 Å². The van der Waals surface area contributed by atoms with Gasteiger partial charge in [0.2, 0.25) is 0 Å². The highest BCUT2D eigenvalue weighted by Crippen LogP contribution is 2.09. The van der Waals surface area contributed by atoms with Crippen molar-refractivity contribution >= 4 is 11.6 Å². The van der Waals surface area contributed by atoms with Crippen molar-refractivity contribution in [2.75, 3.05) is 11.9 Å². The lowest BCUT2D eigenvalue weighted by Crippen LogP contribution is -2.23. The summed E-state index contributed by atoms with van der Waals surface area (Å²) in [5.74, 6) is 0.137. The summed E-state index contributed by atoms with van der Waals surface area (Å²) in [6.07, 6.45) is 0.531. The molecule has 0 aliphatic rings. The van der Waals surface area contributed by atoms with E-state index in [4.69, 9.17) is 5.73 Å². The molecule has 0 fully saturated rings. The van der Waals surface area contributed by atoms with Gasteiger partial charge in [-0.2, -0.15) is 0 Å². The van der Waals surface area contributed by atoms with Gasteiger partial charge in [-0.15, -0.1) is 0 Å². The second-order valence-corrected chi connectivity index (χ2v) is 4.60. The molecule has 2 aromatic rings. The number of nitrogens with one attached hydrogen (secondary N) is 1. The van der Waals surface area contributed by atoms with Gasteiger partial charge in [-0.05, 0) is 37.1 Å². The number of rotatable bonds is 4. The standard InChI is InChI=1S/C16H18FN3/c1-12-6-8-14(9-7-12)20-16(18)19-11-10-13-4-2-3-5-15(13)17/h2-9H,10-11H2,1H3,(H3,18,19,20). The zero-order valence-corrected chi connectivity index (χ0v) is 11.4. The number of nitrogens with two attached hydrogens (primary N) is 1. The molecule has 3 N–H and O–H groups in total. The molecule has 20 heavy (non-hydrogen) atoms. The minimum absolute atomic E-state index is 0.201. The molecule has 0 amide bonds. The molecule has 4 heteroatoms. The molecular formula is C16H18FN3. The van der Waals surface area contributed by atoms with Gasteiger partial charge in [-0.25, -0.2) is 4.39 Å². The van der Waals surface area contributed by atoms with E-state index >= 15 is 0 Å². The molecule has 2 rings (SSSR count). The molecule has 0 saturated heterocycles.